The van der Waals surface area contributed by atoms with Crippen molar-refractivity contribution in [2.24, 2.45) is 0 Å². The summed E-state index contributed by atoms with van der Waals surface area (Å²) in [5.74, 6) is 0.492. The van der Waals surface area contributed by atoms with E-state index < -0.39 is 0 Å². The highest BCUT2D eigenvalue weighted by Crippen LogP contribution is 2.23. The molecule has 2 aromatic carbocycles. The van der Waals surface area contributed by atoms with Gasteiger partial charge in [0.1, 0.15) is 0 Å². The van der Waals surface area contributed by atoms with Crippen LogP contribution in [0, 0.1) is 6.92 Å². The molecule has 0 radical (unpaired) electrons. The van der Waals surface area contributed by atoms with Gasteiger partial charge < -0.3 is 16.0 Å². The first-order chi connectivity index (χ1) is 16.6. The number of aromatic nitrogens is 3. The lowest BCUT2D eigenvalue weighted by atomic mass is 9.91. The molecule has 1 fully saturated rings. The first-order valence-electron chi connectivity index (χ1n) is 11.9. The Balaban J connectivity index is 1.27. The minimum absolute atomic E-state index is 0.0203. The number of carbonyl (C=O) groups excluding carboxylic acids is 1. The number of aryl methyl sites for hydroxylation is 1. The Morgan fingerprint density at radius 3 is 2.41 bits per heavy atom. The topological polar surface area (TPSA) is 83.3 Å². The van der Waals surface area contributed by atoms with E-state index in [2.05, 4.69) is 51.2 Å². The summed E-state index contributed by atoms with van der Waals surface area (Å²) in [4.78, 5) is 17.3. The molecule has 1 saturated carbocycles. The van der Waals surface area contributed by atoms with Crippen LogP contribution in [0.1, 0.15) is 41.6 Å². The zero-order valence-corrected chi connectivity index (χ0v) is 19.6. The first kappa shape index (κ1) is 22.1. The van der Waals surface area contributed by atoms with Crippen LogP contribution >= 0.6 is 0 Å². The maximum Gasteiger partial charge on any atom is 0.251 e. The highest BCUT2D eigenvalue weighted by atomic mass is 16.1. The molecule has 7 heteroatoms. The van der Waals surface area contributed by atoms with Crippen molar-refractivity contribution in [3.8, 4) is 11.3 Å². The molecule has 7 nitrogen and oxygen atoms in total. The van der Waals surface area contributed by atoms with E-state index >= 15 is 0 Å². The lowest BCUT2D eigenvalue weighted by molar-refractivity contribution is 0.0924. The maximum absolute atomic E-state index is 12.7. The molecule has 174 valence electrons. The number of nitrogens with one attached hydrogen (secondary N) is 3. The van der Waals surface area contributed by atoms with Crippen molar-refractivity contribution in [3.05, 3.63) is 77.9 Å². The third-order valence-corrected chi connectivity index (χ3v) is 6.55. The predicted octanol–water partition coefficient (Wildman–Crippen LogP) is 4.71. The Labute approximate surface area is 199 Å². The number of benzene rings is 2. The van der Waals surface area contributed by atoms with Crippen LogP contribution in [0.3, 0.4) is 0 Å². The zero-order chi connectivity index (χ0) is 23.5. The fourth-order valence-corrected chi connectivity index (χ4v) is 4.61. The highest BCUT2D eigenvalue weighted by molar-refractivity contribution is 5.94. The molecule has 0 spiro atoms. The molecule has 5 rings (SSSR count). The van der Waals surface area contributed by atoms with Crippen LogP contribution in [0.2, 0.25) is 0 Å². The first-order valence-corrected chi connectivity index (χ1v) is 11.9. The number of anilines is 2. The Bertz CT molecular complexity index is 1290. The standard InChI is InChI=1S/C27H30N6O/c1-18-5-3-6-20(17-18)24-7-4-8-25-31-27(32-33(24)25)30-23-11-9-19(10-12-23)26(34)29-22-15-13-21(28-2)14-16-22/h3-12,17,21-22,28H,13-16H2,1-2H3,(H,29,34)(H,30,32). The van der Waals surface area contributed by atoms with Crippen molar-refractivity contribution in [2.45, 2.75) is 44.7 Å². The molecule has 1 aliphatic carbocycles. The average molecular weight is 455 g/mol. The van der Waals surface area contributed by atoms with Gasteiger partial charge in [-0.15, -0.1) is 5.10 Å². The Hall–Kier alpha value is -3.71. The monoisotopic (exact) mass is 454 g/mol. The molecule has 1 amide bonds. The number of pyridine rings is 1. The number of fused-ring (bicyclic) bond motifs is 1. The third-order valence-electron chi connectivity index (χ3n) is 6.55. The van der Waals surface area contributed by atoms with Crippen molar-refractivity contribution < 1.29 is 4.79 Å². The van der Waals surface area contributed by atoms with E-state index in [1.807, 2.05) is 60.1 Å². The minimum atomic E-state index is -0.0203. The van der Waals surface area contributed by atoms with E-state index in [4.69, 9.17) is 0 Å². The summed E-state index contributed by atoms with van der Waals surface area (Å²) in [7, 11) is 2.00. The zero-order valence-electron chi connectivity index (χ0n) is 19.6. The van der Waals surface area contributed by atoms with Gasteiger partial charge in [0.2, 0.25) is 5.95 Å². The van der Waals surface area contributed by atoms with Gasteiger partial charge in [0.05, 0.1) is 5.69 Å². The van der Waals surface area contributed by atoms with E-state index in [-0.39, 0.29) is 11.9 Å². The molecule has 0 bridgehead atoms. The molecule has 2 aromatic heterocycles. The molecule has 3 N–H and O–H groups in total. The molecule has 2 heterocycles. The van der Waals surface area contributed by atoms with Crippen LogP contribution in [0.15, 0.2) is 66.7 Å². The number of carbonyl (C=O) groups is 1. The second-order valence-corrected chi connectivity index (χ2v) is 9.00. The summed E-state index contributed by atoms with van der Waals surface area (Å²) < 4.78 is 1.85. The predicted molar refractivity (Wildman–Crippen MR) is 135 cm³/mol. The SMILES string of the molecule is CNC1CCC(NC(=O)c2ccc(Nc3nc4cccc(-c5cccc(C)c5)n4n3)cc2)CC1. The molecule has 0 saturated heterocycles. The second-order valence-electron chi connectivity index (χ2n) is 9.00. The fraction of sp³-hybridized carbons (Fsp3) is 0.296. The molecule has 0 atom stereocenters. The summed E-state index contributed by atoms with van der Waals surface area (Å²) in [6.07, 6.45) is 4.23. The van der Waals surface area contributed by atoms with Gasteiger partial charge in [-0.25, -0.2) is 4.52 Å². The van der Waals surface area contributed by atoms with Gasteiger partial charge in [-0.3, -0.25) is 4.79 Å². The van der Waals surface area contributed by atoms with Crippen LogP contribution < -0.4 is 16.0 Å². The lowest BCUT2D eigenvalue weighted by Gasteiger charge is -2.28. The Morgan fingerprint density at radius 1 is 0.941 bits per heavy atom. The van der Waals surface area contributed by atoms with E-state index in [9.17, 15) is 4.79 Å². The number of nitrogens with zero attached hydrogens (tertiary/aromatic N) is 3. The van der Waals surface area contributed by atoms with Gasteiger partial charge in [0.15, 0.2) is 5.65 Å². The van der Waals surface area contributed by atoms with Crippen molar-refractivity contribution in [1.82, 2.24) is 25.2 Å². The third kappa shape index (κ3) is 4.79. The number of rotatable bonds is 6. The van der Waals surface area contributed by atoms with Crippen LogP contribution in [0.4, 0.5) is 11.6 Å². The highest BCUT2D eigenvalue weighted by Gasteiger charge is 2.21. The summed E-state index contributed by atoms with van der Waals surface area (Å²) in [5.41, 5.74) is 5.53. The van der Waals surface area contributed by atoms with Gasteiger partial charge in [-0.1, -0.05) is 29.8 Å². The van der Waals surface area contributed by atoms with E-state index in [1.54, 1.807) is 0 Å². The molecule has 1 aliphatic rings. The minimum Gasteiger partial charge on any atom is -0.349 e. The van der Waals surface area contributed by atoms with Crippen molar-refractivity contribution in [3.63, 3.8) is 0 Å². The molecular weight excluding hydrogens is 424 g/mol. The summed E-state index contributed by atoms with van der Waals surface area (Å²) in [6, 6.07) is 22.6. The molecule has 34 heavy (non-hydrogen) atoms. The Kier molecular flexibility index (Phi) is 6.27. The summed E-state index contributed by atoms with van der Waals surface area (Å²) in [5, 5.41) is 14.4. The Morgan fingerprint density at radius 2 is 1.68 bits per heavy atom. The normalized spacial score (nSPS) is 18.1. The van der Waals surface area contributed by atoms with Gasteiger partial charge >= 0.3 is 0 Å². The number of hydrogen-bond acceptors (Lipinski definition) is 5. The molecule has 4 aromatic rings. The quantitative estimate of drug-likeness (QED) is 0.393. The van der Waals surface area contributed by atoms with E-state index in [0.29, 0.717) is 17.6 Å². The van der Waals surface area contributed by atoms with Crippen LogP contribution in [-0.2, 0) is 0 Å². The molecule has 0 unspecified atom stereocenters. The maximum atomic E-state index is 12.7. The van der Waals surface area contributed by atoms with Gasteiger partial charge in [-0.2, -0.15) is 4.98 Å². The smallest absolute Gasteiger partial charge is 0.251 e. The van der Waals surface area contributed by atoms with Gasteiger partial charge in [-0.05, 0) is 82.1 Å². The van der Waals surface area contributed by atoms with Crippen molar-refractivity contribution >= 4 is 23.2 Å². The van der Waals surface area contributed by atoms with Gasteiger partial charge in [0, 0.05) is 28.9 Å². The van der Waals surface area contributed by atoms with E-state index in [1.165, 1.54) is 5.56 Å². The number of hydrogen-bond donors (Lipinski definition) is 3. The van der Waals surface area contributed by atoms with E-state index in [0.717, 1.165) is 48.3 Å². The van der Waals surface area contributed by atoms with Crippen LogP contribution in [0.25, 0.3) is 16.9 Å². The fourth-order valence-electron chi connectivity index (χ4n) is 4.61. The number of amides is 1. The van der Waals surface area contributed by atoms with Crippen LogP contribution in [0.5, 0.6) is 0 Å². The molecule has 0 aliphatic heterocycles. The van der Waals surface area contributed by atoms with Crippen LogP contribution in [-0.4, -0.2) is 39.6 Å². The average Bonchev–Trinajstić information content (AvgIpc) is 3.27. The second kappa shape index (κ2) is 9.65. The largest absolute Gasteiger partial charge is 0.349 e. The van der Waals surface area contributed by atoms with Gasteiger partial charge in [0.25, 0.3) is 5.91 Å². The molecular formula is C27H30N6O. The summed E-state index contributed by atoms with van der Waals surface area (Å²) in [6.45, 7) is 2.08. The van der Waals surface area contributed by atoms with Crippen molar-refractivity contribution in [2.75, 3.05) is 12.4 Å². The lowest BCUT2D eigenvalue weighted by Crippen LogP contribution is -2.41. The summed E-state index contributed by atoms with van der Waals surface area (Å²) >= 11 is 0. The van der Waals surface area contributed by atoms with Crippen molar-refractivity contribution in [1.29, 1.82) is 0 Å².